The Kier molecular flexibility index (Phi) is 3.36. The van der Waals surface area contributed by atoms with Gasteiger partial charge in [-0.15, -0.1) is 0 Å². The van der Waals surface area contributed by atoms with Crippen molar-refractivity contribution in [3.63, 3.8) is 0 Å². The van der Waals surface area contributed by atoms with Crippen LogP contribution in [-0.2, 0) is 9.53 Å². The number of nitrogens with zero attached hydrogens (tertiary/aromatic N) is 1. The molecule has 3 aliphatic rings. The molecule has 3 nitrogen and oxygen atoms in total. The van der Waals surface area contributed by atoms with E-state index >= 15 is 0 Å². The summed E-state index contributed by atoms with van der Waals surface area (Å²) in [5.41, 5.74) is 0. The van der Waals surface area contributed by atoms with Crippen molar-refractivity contribution in [2.45, 2.75) is 35.6 Å². The minimum Gasteiger partial charge on any atom is -0.469 e. The van der Waals surface area contributed by atoms with E-state index in [0.29, 0.717) is 0 Å². The van der Waals surface area contributed by atoms with Crippen molar-refractivity contribution in [3.05, 3.63) is 0 Å². The van der Waals surface area contributed by atoms with E-state index in [9.17, 15) is 4.79 Å². The minimum absolute atomic E-state index is 0.0000420. The largest absolute Gasteiger partial charge is 0.469 e. The Bertz CT molecular complexity index is 303. The van der Waals surface area contributed by atoms with Gasteiger partial charge in [0.15, 0.2) is 0 Å². The summed E-state index contributed by atoms with van der Waals surface area (Å²) >= 11 is 2.60. The van der Waals surface area contributed by atoms with Gasteiger partial charge in [0.2, 0.25) is 0 Å². The van der Waals surface area contributed by atoms with E-state index in [4.69, 9.17) is 4.74 Å². The van der Waals surface area contributed by atoms with Crippen LogP contribution >= 0.6 is 22.6 Å². The highest BCUT2D eigenvalue weighted by molar-refractivity contribution is 14.1. The molecule has 0 aromatic carbocycles. The second-order valence-electron chi connectivity index (χ2n) is 5.75. The van der Waals surface area contributed by atoms with E-state index in [1.807, 2.05) is 0 Å². The van der Waals surface area contributed by atoms with Gasteiger partial charge in [-0.2, -0.15) is 0 Å². The number of halogens is 1. The van der Waals surface area contributed by atoms with Gasteiger partial charge in [-0.1, -0.05) is 22.6 Å². The number of likely N-dealkylation sites (tertiary alicyclic amines) is 1. The molecule has 3 fully saturated rings. The number of hydrogen-bond donors (Lipinski definition) is 0. The number of fused-ring (bicyclic) bond motifs is 1. The molecule has 0 radical (unpaired) electrons. The van der Waals surface area contributed by atoms with Crippen molar-refractivity contribution in [2.24, 2.45) is 17.8 Å². The summed E-state index contributed by atoms with van der Waals surface area (Å²) in [6.07, 6.45) is 4.42. The molecule has 0 spiro atoms. The van der Waals surface area contributed by atoms with Gasteiger partial charge >= 0.3 is 5.97 Å². The lowest BCUT2D eigenvalue weighted by molar-refractivity contribution is -0.146. The molecule has 0 N–H and O–H groups in total. The fraction of sp³-hybridized carbons (Fsp3) is 0.923. The summed E-state index contributed by atoms with van der Waals surface area (Å²) in [7, 11) is 1.50. The predicted octanol–water partition coefficient (Wildman–Crippen LogP) is 2.08. The zero-order chi connectivity index (χ0) is 12.0. The molecule has 3 atom stereocenters. The molecule has 17 heavy (non-hydrogen) atoms. The smallest absolute Gasteiger partial charge is 0.308 e. The van der Waals surface area contributed by atoms with Crippen LogP contribution in [0.3, 0.4) is 0 Å². The van der Waals surface area contributed by atoms with Crippen molar-refractivity contribution in [1.29, 1.82) is 0 Å². The van der Waals surface area contributed by atoms with Gasteiger partial charge in [-0.25, -0.2) is 0 Å². The maximum absolute atomic E-state index is 11.5. The van der Waals surface area contributed by atoms with Crippen LogP contribution in [0.4, 0.5) is 0 Å². The molecular weight excluding hydrogens is 329 g/mol. The first kappa shape index (κ1) is 12.2. The highest BCUT2D eigenvalue weighted by Crippen LogP contribution is 2.52. The molecule has 0 unspecified atom stereocenters. The summed E-state index contributed by atoms with van der Waals surface area (Å²) in [6, 6.07) is 0.743. The van der Waals surface area contributed by atoms with Crippen LogP contribution in [0.1, 0.15) is 25.7 Å². The Morgan fingerprint density at radius 2 is 1.76 bits per heavy atom. The molecule has 2 saturated carbocycles. The Balaban J connectivity index is 1.48. The van der Waals surface area contributed by atoms with Crippen LogP contribution in [0.5, 0.6) is 0 Å². The number of piperidine rings is 1. The molecular formula is C13H20INO2. The number of carbonyl (C=O) groups excluding carboxylic acids is 1. The third-order valence-corrected chi connectivity index (χ3v) is 6.71. The predicted molar refractivity (Wildman–Crippen MR) is 74.1 cm³/mol. The Labute approximate surface area is 116 Å². The monoisotopic (exact) mass is 349 g/mol. The molecule has 1 heterocycles. The molecule has 2 aliphatic carbocycles. The van der Waals surface area contributed by atoms with Crippen LogP contribution in [-0.4, -0.2) is 41.0 Å². The normalized spacial score (nSPS) is 45.4. The van der Waals surface area contributed by atoms with Crippen molar-refractivity contribution < 1.29 is 9.53 Å². The summed E-state index contributed by atoms with van der Waals surface area (Å²) in [5, 5.41) is 0. The zero-order valence-electron chi connectivity index (χ0n) is 10.3. The minimum atomic E-state index is 0.0000420. The quantitative estimate of drug-likeness (QED) is 0.434. The SMILES string of the molecule is COC(=O)C1CCC(N2C[C@@H]3[C@@H](I)[C@@H]3C2)CC1. The summed E-state index contributed by atoms with van der Waals surface area (Å²) < 4.78 is 5.79. The fourth-order valence-electron chi connectivity index (χ4n) is 3.63. The van der Waals surface area contributed by atoms with Gasteiger partial charge in [0.25, 0.3) is 0 Å². The van der Waals surface area contributed by atoms with Crippen LogP contribution in [0.25, 0.3) is 0 Å². The third-order valence-electron chi connectivity index (χ3n) is 4.87. The van der Waals surface area contributed by atoms with E-state index in [2.05, 4.69) is 27.5 Å². The first-order valence-electron chi connectivity index (χ1n) is 6.66. The van der Waals surface area contributed by atoms with Crippen LogP contribution in [0.2, 0.25) is 0 Å². The van der Waals surface area contributed by atoms with E-state index < -0.39 is 0 Å². The lowest BCUT2D eigenvalue weighted by Gasteiger charge is -2.34. The average molecular weight is 349 g/mol. The first-order chi connectivity index (χ1) is 8.20. The molecule has 0 aromatic rings. The first-order valence-corrected chi connectivity index (χ1v) is 7.91. The summed E-state index contributed by atoms with van der Waals surface area (Å²) in [4.78, 5) is 14.1. The lowest BCUT2D eigenvalue weighted by Crippen LogP contribution is -2.39. The van der Waals surface area contributed by atoms with Crippen LogP contribution < -0.4 is 0 Å². The lowest BCUT2D eigenvalue weighted by atomic mass is 9.85. The molecule has 1 saturated heterocycles. The highest BCUT2D eigenvalue weighted by Gasteiger charge is 2.55. The summed E-state index contributed by atoms with van der Waals surface area (Å²) in [6.45, 7) is 2.62. The van der Waals surface area contributed by atoms with Gasteiger partial charge in [0, 0.05) is 23.1 Å². The standard InChI is InChI=1S/C13H20INO2/c1-17-13(16)8-2-4-9(5-3-8)15-6-10-11(7-15)12(10)14/h8-12H,2-7H2,1H3/t8?,9?,10-,11+,12+. The van der Waals surface area contributed by atoms with Crippen molar-refractivity contribution >= 4 is 28.6 Å². The maximum Gasteiger partial charge on any atom is 0.308 e. The second-order valence-corrected chi connectivity index (χ2v) is 7.19. The second kappa shape index (κ2) is 4.68. The topological polar surface area (TPSA) is 29.5 Å². The molecule has 1 aliphatic heterocycles. The molecule has 4 heteroatoms. The van der Waals surface area contributed by atoms with Gasteiger partial charge in [-0.05, 0) is 37.5 Å². The van der Waals surface area contributed by atoms with E-state index in [0.717, 1.165) is 34.6 Å². The Morgan fingerprint density at radius 3 is 2.29 bits per heavy atom. The van der Waals surface area contributed by atoms with Crippen molar-refractivity contribution in [1.82, 2.24) is 4.90 Å². The number of hydrogen-bond acceptors (Lipinski definition) is 3. The average Bonchev–Trinajstić information content (AvgIpc) is 2.82. The van der Waals surface area contributed by atoms with Crippen molar-refractivity contribution in [3.8, 4) is 0 Å². The third kappa shape index (κ3) is 2.23. The van der Waals surface area contributed by atoms with Gasteiger partial charge in [-0.3, -0.25) is 9.69 Å². The van der Waals surface area contributed by atoms with Crippen LogP contribution in [0.15, 0.2) is 0 Å². The number of rotatable bonds is 2. The number of ether oxygens (including phenoxy) is 1. The molecule has 0 amide bonds. The number of carbonyl (C=O) groups is 1. The molecule has 0 aromatic heterocycles. The molecule has 96 valence electrons. The fourth-order valence-corrected chi connectivity index (χ4v) is 4.91. The number of alkyl halides is 1. The number of methoxy groups -OCH3 is 1. The molecule has 0 bridgehead atoms. The van der Waals surface area contributed by atoms with Gasteiger partial charge in [0.05, 0.1) is 13.0 Å². The number of esters is 1. The molecule has 3 rings (SSSR count). The Hall–Kier alpha value is 0.160. The van der Waals surface area contributed by atoms with Crippen molar-refractivity contribution in [2.75, 3.05) is 20.2 Å². The maximum atomic E-state index is 11.5. The van der Waals surface area contributed by atoms with E-state index in [1.165, 1.54) is 33.0 Å². The Morgan fingerprint density at radius 1 is 1.18 bits per heavy atom. The zero-order valence-corrected chi connectivity index (χ0v) is 12.4. The summed E-state index contributed by atoms with van der Waals surface area (Å²) in [5.74, 6) is 2.13. The van der Waals surface area contributed by atoms with Gasteiger partial charge in [0.1, 0.15) is 0 Å². The van der Waals surface area contributed by atoms with Crippen LogP contribution in [0, 0.1) is 17.8 Å². The highest BCUT2D eigenvalue weighted by atomic mass is 127. The van der Waals surface area contributed by atoms with E-state index in [1.54, 1.807) is 0 Å². The van der Waals surface area contributed by atoms with Gasteiger partial charge < -0.3 is 4.74 Å². The van der Waals surface area contributed by atoms with E-state index in [-0.39, 0.29) is 11.9 Å².